The number of ether oxygens (including phenoxy) is 1. The van der Waals surface area contributed by atoms with E-state index in [0.717, 1.165) is 29.9 Å². The van der Waals surface area contributed by atoms with E-state index in [1.807, 2.05) is 0 Å². The molecule has 1 aromatic heterocycles. The van der Waals surface area contributed by atoms with Crippen LogP contribution in [0.1, 0.15) is 6.42 Å². The van der Waals surface area contributed by atoms with Gasteiger partial charge in [-0.1, -0.05) is 41.1 Å². The summed E-state index contributed by atoms with van der Waals surface area (Å²) in [6.07, 6.45) is 0.702. The van der Waals surface area contributed by atoms with Gasteiger partial charge in [0.05, 0.1) is 28.3 Å². The van der Waals surface area contributed by atoms with Gasteiger partial charge in [0, 0.05) is 31.2 Å². The Morgan fingerprint density at radius 2 is 1.91 bits per heavy atom. The topological polar surface area (TPSA) is 79.8 Å². The number of morpholine rings is 1. The summed E-state index contributed by atoms with van der Waals surface area (Å²) in [6.45, 7) is 4.31. The van der Waals surface area contributed by atoms with E-state index in [1.165, 1.54) is 28.4 Å². The number of amides is 1. The number of aromatic nitrogens is 1. The van der Waals surface area contributed by atoms with E-state index in [2.05, 4.69) is 9.88 Å². The molecule has 1 fully saturated rings. The molecule has 2 aromatic carbocycles. The Kier molecular flexibility index (Phi) is 7.42. The van der Waals surface area contributed by atoms with Crippen LogP contribution in [-0.4, -0.2) is 69.4 Å². The fraction of sp³-hybridized carbons (Fsp3) is 0.364. The molecule has 3 aromatic rings. The number of hydrogen-bond acceptors (Lipinski definition) is 7. The monoisotopic (exact) mass is 493 g/mol. The smallest absolute Gasteiger partial charge is 0.244 e. The lowest BCUT2D eigenvalue weighted by Crippen LogP contribution is -2.40. The molecule has 1 aliphatic rings. The van der Waals surface area contributed by atoms with E-state index in [9.17, 15) is 13.2 Å². The van der Waals surface area contributed by atoms with Crippen molar-refractivity contribution in [2.24, 2.45) is 0 Å². The number of anilines is 1. The third kappa shape index (κ3) is 5.65. The molecule has 4 rings (SSSR count). The van der Waals surface area contributed by atoms with Gasteiger partial charge in [0.1, 0.15) is 5.75 Å². The van der Waals surface area contributed by atoms with Gasteiger partial charge < -0.3 is 4.74 Å². The number of thiazole rings is 1. The first kappa shape index (κ1) is 23.1. The van der Waals surface area contributed by atoms with E-state index in [4.69, 9.17) is 16.3 Å². The van der Waals surface area contributed by atoms with Crippen LogP contribution in [0.2, 0.25) is 5.02 Å². The first-order chi connectivity index (χ1) is 15.4. The lowest BCUT2D eigenvalue weighted by atomic mass is 10.3. The average molecular weight is 494 g/mol. The summed E-state index contributed by atoms with van der Waals surface area (Å²) in [4.78, 5) is 21.7. The molecule has 0 radical (unpaired) electrons. The van der Waals surface area contributed by atoms with Crippen LogP contribution in [0, 0.1) is 0 Å². The lowest BCUT2D eigenvalue weighted by molar-refractivity contribution is -0.116. The highest BCUT2D eigenvalue weighted by Gasteiger charge is 2.26. The summed E-state index contributed by atoms with van der Waals surface area (Å²) in [7, 11) is -3.76. The maximum atomic E-state index is 13.2. The van der Waals surface area contributed by atoms with Crippen molar-refractivity contribution in [2.75, 3.05) is 50.0 Å². The summed E-state index contributed by atoms with van der Waals surface area (Å²) < 4.78 is 31.9. The van der Waals surface area contributed by atoms with Gasteiger partial charge in [0.15, 0.2) is 15.0 Å². The summed E-state index contributed by atoms with van der Waals surface area (Å²) in [5, 5.41) is 1.07. The number of halogens is 1. The Morgan fingerprint density at radius 1 is 1.16 bits per heavy atom. The van der Waals surface area contributed by atoms with Gasteiger partial charge in [-0.25, -0.2) is 13.4 Å². The second kappa shape index (κ2) is 10.3. The van der Waals surface area contributed by atoms with Crippen molar-refractivity contribution < 1.29 is 17.9 Å². The molecule has 1 saturated heterocycles. The van der Waals surface area contributed by atoms with Crippen molar-refractivity contribution in [3.05, 3.63) is 53.6 Å². The van der Waals surface area contributed by atoms with E-state index < -0.39 is 21.5 Å². The van der Waals surface area contributed by atoms with Crippen molar-refractivity contribution >= 4 is 54.0 Å². The highest BCUT2D eigenvalue weighted by Crippen LogP contribution is 2.31. The quantitative estimate of drug-likeness (QED) is 0.478. The van der Waals surface area contributed by atoms with Crippen LogP contribution in [0.4, 0.5) is 5.13 Å². The number of hydrogen-bond donors (Lipinski definition) is 0. The van der Waals surface area contributed by atoms with E-state index in [0.29, 0.717) is 36.3 Å². The SMILES string of the molecule is O=C(CS(=O)(=O)c1ccccc1)N(CCCN1CCOCC1)c1nc2ccc(Cl)cc2s1. The minimum absolute atomic E-state index is 0.137. The largest absolute Gasteiger partial charge is 0.379 e. The van der Waals surface area contributed by atoms with Crippen molar-refractivity contribution in [3.8, 4) is 0 Å². The van der Waals surface area contributed by atoms with Crippen LogP contribution in [-0.2, 0) is 19.4 Å². The molecule has 0 N–H and O–H groups in total. The summed E-state index contributed by atoms with van der Waals surface area (Å²) >= 11 is 7.43. The van der Waals surface area contributed by atoms with Gasteiger partial charge in [-0.3, -0.25) is 14.6 Å². The third-order valence-electron chi connectivity index (χ3n) is 5.25. The first-order valence-electron chi connectivity index (χ1n) is 10.4. The Bertz CT molecular complexity index is 1180. The number of sulfone groups is 1. The third-order valence-corrected chi connectivity index (χ3v) is 8.14. The predicted molar refractivity (Wildman–Crippen MR) is 127 cm³/mol. The second-order valence-corrected chi connectivity index (χ2v) is 11.0. The Hall–Kier alpha value is -2.04. The number of carbonyl (C=O) groups excluding carboxylic acids is 1. The van der Waals surface area contributed by atoms with E-state index >= 15 is 0 Å². The molecular formula is C22H24ClN3O4S2. The molecule has 0 bridgehead atoms. The van der Waals surface area contributed by atoms with Gasteiger partial charge in [0.25, 0.3) is 0 Å². The molecule has 0 unspecified atom stereocenters. The summed E-state index contributed by atoms with van der Waals surface area (Å²) in [6, 6.07) is 13.4. The normalized spacial score (nSPS) is 15.2. The lowest BCUT2D eigenvalue weighted by Gasteiger charge is -2.27. The highest BCUT2D eigenvalue weighted by atomic mass is 35.5. The number of nitrogens with zero attached hydrogens (tertiary/aromatic N) is 3. The maximum absolute atomic E-state index is 13.2. The van der Waals surface area contributed by atoms with Crippen LogP contribution in [0.25, 0.3) is 10.2 Å². The van der Waals surface area contributed by atoms with Crippen molar-refractivity contribution in [1.29, 1.82) is 0 Å². The van der Waals surface area contributed by atoms with Crippen LogP contribution >= 0.6 is 22.9 Å². The molecule has 0 spiro atoms. The molecule has 7 nitrogen and oxygen atoms in total. The minimum Gasteiger partial charge on any atom is -0.379 e. The minimum atomic E-state index is -3.76. The van der Waals surface area contributed by atoms with Crippen molar-refractivity contribution in [3.63, 3.8) is 0 Å². The zero-order chi connectivity index (χ0) is 22.6. The molecule has 2 heterocycles. The Balaban J connectivity index is 1.54. The predicted octanol–water partition coefficient (Wildman–Crippen LogP) is 3.48. The van der Waals surface area contributed by atoms with Crippen LogP contribution < -0.4 is 4.90 Å². The van der Waals surface area contributed by atoms with E-state index in [1.54, 1.807) is 36.4 Å². The van der Waals surface area contributed by atoms with Gasteiger partial charge in [-0.2, -0.15) is 0 Å². The molecule has 1 amide bonds. The van der Waals surface area contributed by atoms with E-state index in [-0.39, 0.29) is 4.90 Å². The molecule has 10 heteroatoms. The maximum Gasteiger partial charge on any atom is 0.244 e. The van der Waals surface area contributed by atoms with Crippen molar-refractivity contribution in [1.82, 2.24) is 9.88 Å². The fourth-order valence-corrected chi connectivity index (χ4v) is 6.06. The van der Waals surface area contributed by atoms with Crippen molar-refractivity contribution in [2.45, 2.75) is 11.3 Å². The number of fused-ring (bicyclic) bond motifs is 1. The van der Waals surface area contributed by atoms with Crippen LogP contribution in [0.3, 0.4) is 0 Å². The number of carbonyl (C=O) groups is 1. The number of benzene rings is 2. The molecular weight excluding hydrogens is 470 g/mol. The van der Waals surface area contributed by atoms with Gasteiger partial charge in [-0.15, -0.1) is 0 Å². The second-order valence-electron chi connectivity index (χ2n) is 7.53. The average Bonchev–Trinajstić information content (AvgIpc) is 3.20. The summed E-state index contributed by atoms with van der Waals surface area (Å²) in [5.41, 5.74) is 0.728. The van der Waals surface area contributed by atoms with Gasteiger partial charge >= 0.3 is 0 Å². The molecule has 0 aliphatic carbocycles. The van der Waals surface area contributed by atoms with Crippen LogP contribution in [0.15, 0.2) is 53.4 Å². The molecule has 0 saturated carbocycles. The molecule has 32 heavy (non-hydrogen) atoms. The molecule has 0 atom stereocenters. The highest BCUT2D eigenvalue weighted by molar-refractivity contribution is 7.92. The zero-order valence-corrected chi connectivity index (χ0v) is 19.8. The summed E-state index contributed by atoms with van der Waals surface area (Å²) in [5.74, 6) is -1.09. The zero-order valence-electron chi connectivity index (χ0n) is 17.4. The van der Waals surface area contributed by atoms with Gasteiger partial charge in [-0.05, 0) is 36.8 Å². The standard InChI is InChI=1S/C22H24ClN3O4S2/c23-17-7-8-19-20(15-17)31-22(24-19)26(10-4-9-25-11-13-30-14-12-25)21(27)16-32(28,29)18-5-2-1-3-6-18/h1-3,5-8,15H,4,9-14,16H2. The van der Waals surface area contributed by atoms with Gasteiger partial charge in [0.2, 0.25) is 5.91 Å². The molecule has 1 aliphatic heterocycles. The fourth-order valence-electron chi connectivity index (χ4n) is 3.56. The van der Waals surface area contributed by atoms with Crippen LogP contribution in [0.5, 0.6) is 0 Å². The first-order valence-corrected chi connectivity index (χ1v) is 13.2. The number of rotatable bonds is 8. The molecule has 170 valence electrons. The Labute approximate surface area is 196 Å². The Morgan fingerprint density at radius 3 is 2.66 bits per heavy atom.